The van der Waals surface area contributed by atoms with Crippen LogP contribution in [0.25, 0.3) is 0 Å². The monoisotopic (exact) mass is 380 g/mol. The van der Waals surface area contributed by atoms with Crippen molar-refractivity contribution in [3.8, 4) is 0 Å². The van der Waals surface area contributed by atoms with E-state index in [0.29, 0.717) is 54.6 Å². The molecular weight excluding hydrogens is 360 g/mol. The first-order chi connectivity index (χ1) is 12.6. The summed E-state index contributed by atoms with van der Waals surface area (Å²) in [4.78, 5) is 30.1. The number of anilines is 1. The Morgan fingerprint density at radius 2 is 2.31 bits per heavy atom. The number of ether oxygens (including phenoxy) is 1. The van der Waals surface area contributed by atoms with E-state index >= 15 is 0 Å². The largest absolute Gasteiger partial charge is 0.374 e. The molecule has 1 aliphatic heterocycles. The van der Waals surface area contributed by atoms with Gasteiger partial charge in [0, 0.05) is 39.5 Å². The Morgan fingerprint density at radius 3 is 3.04 bits per heavy atom. The Kier molecular flexibility index (Phi) is 5.89. The lowest BCUT2D eigenvalue weighted by Crippen LogP contribution is -2.34. The van der Waals surface area contributed by atoms with Gasteiger partial charge in [-0.25, -0.2) is 0 Å². The van der Waals surface area contributed by atoms with Crippen LogP contribution in [0.3, 0.4) is 0 Å². The molecule has 26 heavy (non-hydrogen) atoms. The first kappa shape index (κ1) is 18.4. The van der Waals surface area contributed by atoms with Crippen molar-refractivity contribution in [1.29, 1.82) is 0 Å². The molecule has 0 bridgehead atoms. The zero-order valence-corrected chi connectivity index (χ0v) is 15.4. The highest BCUT2D eigenvalue weighted by Gasteiger charge is 2.36. The summed E-state index contributed by atoms with van der Waals surface area (Å²) in [6.07, 6.45) is 0.637. The van der Waals surface area contributed by atoms with E-state index in [1.807, 2.05) is 6.92 Å². The summed E-state index contributed by atoms with van der Waals surface area (Å²) in [5.74, 6) is 0.332. The molecule has 140 valence electrons. The normalized spacial score (nSPS) is 17.1. The molecule has 2 aromatic heterocycles. The summed E-state index contributed by atoms with van der Waals surface area (Å²) in [5.41, 5.74) is 0. The number of carbonyl (C=O) groups is 2. The molecule has 1 fully saturated rings. The number of rotatable bonds is 8. The van der Waals surface area contributed by atoms with Crippen molar-refractivity contribution in [3.05, 3.63) is 16.7 Å². The van der Waals surface area contributed by atoms with Gasteiger partial charge in [0.25, 0.3) is 0 Å². The van der Waals surface area contributed by atoms with E-state index in [2.05, 4.69) is 25.7 Å². The molecule has 11 heteroatoms. The number of amides is 2. The third-order valence-electron chi connectivity index (χ3n) is 3.83. The van der Waals surface area contributed by atoms with Gasteiger partial charge in [-0.15, -0.1) is 10.2 Å². The van der Waals surface area contributed by atoms with Crippen LogP contribution in [-0.4, -0.2) is 51.8 Å². The van der Waals surface area contributed by atoms with Crippen LogP contribution >= 0.6 is 11.3 Å². The van der Waals surface area contributed by atoms with Crippen molar-refractivity contribution in [2.24, 2.45) is 5.92 Å². The van der Waals surface area contributed by atoms with E-state index in [9.17, 15) is 9.59 Å². The number of nitrogens with one attached hydrogen (secondary N) is 1. The van der Waals surface area contributed by atoms with Gasteiger partial charge in [-0.1, -0.05) is 16.5 Å². The van der Waals surface area contributed by atoms with Gasteiger partial charge >= 0.3 is 0 Å². The Morgan fingerprint density at radius 1 is 1.46 bits per heavy atom. The number of aromatic nitrogens is 4. The molecule has 2 amide bonds. The number of hydrogen-bond acceptors (Lipinski definition) is 9. The molecule has 10 nitrogen and oxygen atoms in total. The molecule has 3 heterocycles. The smallest absolute Gasteiger partial charge is 0.229 e. The molecule has 0 saturated carbocycles. The lowest BCUT2D eigenvalue weighted by Gasteiger charge is -2.12. The van der Waals surface area contributed by atoms with Gasteiger partial charge in [0.1, 0.15) is 11.6 Å². The Balaban J connectivity index is 1.50. The first-order valence-corrected chi connectivity index (χ1v) is 9.16. The second-order valence-corrected chi connectivity index (χ2v) is 6.83. The summed E-state index contributed by atoms with van der Waals surface area (Å²) < 4.78 is 10.2. The van der Waals surface area contributed by atoms with Gasteiger partial charge in [0.15, 0.2) is 5.82 Å². The van der Waals surface area contributed by atoms with Crippen molar-refractivity contribution < 1.29 is 18.8 Å². The zero-order chi connectivity index (χ0) is 18.5. The zero-order valence-electron chi connectivity index (χ0n) is 14.6. The van der Waals surface area contributed by atoms with E-state index < -0.39 is 5.92 Å². The Bertz CT molecular complexity index is 776. The van der Waals surface area contributed by atoms with Crippen LogP contribution in [0.1, 0.15) is 30.1 Å². The van der Waals surface area contributed by atoms with E-state index in [1.165, 1.54) is 16.2 Å². The maximum atomic E-state index is 12.3. The first-order valence-electron chi connectivity index (χ1n) is 8.34. The average Bonchev–Trinajstić information content (AvgIpc) is 3.33. The van der Waals surface area contributed by atoms with Crippen molar-refractivity contribution in [2.45, 2.75) is 33.3 Å². The molecule has 0 aliphatic carbocycles. The Labute approximate surface area is 153 Å². The number of hydrogen-bond donors (Lipinski definition) is 1. The molecule has 0 radical (unpaired) electrons. The number of carbonyl (C=O) groups excluding carboxylic acids is 2. The highest BCUT2D eigenvalue weighted by molar-refractivity contribution is 7.15. The van der Waals surface area contributed by atoms with Crippen LogP contribution in [0, 0.1) is 12.8 Å². The predicted octanol–water partition coefficient (Wildman–Crippen LogP) is 0.478. The molecular formula is C15H20N6O4S. The van der Waals surface area contributed by atoms with Crippen molar-refractivity contribution >= 4 is 28.3 Å². The van der Waals surface area contributed by atoms with Gasteiger partial charge in [0.05, 0.1) is 5.92 Å². The summed E-state index contributed by atoms with van der Waals surface area (Å²) in [6, 6.07) is 0. The molecule has 2 aromatic rings. The van der Waals surface area contributed by atoms with Crippen LogP contribution in [0.2, 0.25) is 0 Å². The quantitative estimate of drug-likeness (QED) is 0.701. The lowest BCUT2D eigenvalue weighted by molar-refractivity contribution is -0.126. The molecule has 0 aromatic carbocycles. The van der Waals surface area contributed by atoms with E-state index in [4.69, 9.17) is 9.26 Å². The molecule has 1 saturated heterocycles. The summed E-state index contributed by atoms with van der Waals surface area (Å²) in [7, 11) is 0. The van der Waals surface area contributed by atoms with Gasteiger partial charge in [0.2, 0.25) is 22.8 Å². The number of nitrogens with zero attached hydrogens (tertiary/aromatic N) is 5. The topological polar surface area (TPSA) is 123 Å². The number of aryl methyl sites for hydroxylation is 1. The third kappa shape index (κ3) is 4.41. The fourth-order valence-corrected chi connectivity index (χ4v) is 3.36. The van der Waals surface area contributed by atoms with Crippen LogP contribution < -0.4 is 10.2 Å². The van der Waals surface area contributed by atoms with Crippen LogP contribution in [0.15, 0.2) is 4.52 Å². The minimum atomic E-state index is -0.409. The molecule has 0 spiro atoms. The molecule has 1 atom stereocenters. The fraction of sp³-hybridized carbons (Fsp3) is 0.600. The Hall–Kier alpha value is -2.40. The summed E-state index contributed by atoms with van der Waals surface area (Å²) >= 11 is 1.30. The molecule has 1 aliphatic rings. The predicted molar refractivity (Wildman–Crippen MR) is 91.4 cm³/mol. The molecule has 1 N–H and O–H groups in total. The van der Waals surface area contributed by atoms with Gasteiger partial charge in [-0.3, -0.25) is 14.5 Å². The van der Waals surface area contributed by atoms with Gasteiger partial charge < -0.3 is 14.6 Å². The SMILES string of the molecule is CCOCc1nnc(N2CC(C(=O)NCCc3noc(C)n3)CC2=O)s1. The van der Waals surface area contributed by atoms with Gasteiger partial charge in [-0.2, -0.15) is 4.98 Å². The van der Waals surface area contributed by atoms with E-state index in [1.54, 1.807) is 6.92 Å². The lowest BCUT2D eigenvalue weighted by atomic mass is 10.1. The average molecular weight is 380 g/mol. The second kappa shape index (κ2) is 8.32. The fourth-order valence-electron chi connectivity index (χ4n) is 2.55. The maximum Gasteiger partial charge on any atom is 0.229 e. The standard InChI is InChI=1S/C15H20N6O4S/c1-3-24-8-12-18-19-15(26-12)21-7-10(6-13(21)22)14(23)16-5-4-11-17-9(2)25-20-11/h10H,3-8H2,1-2H3,(H,16,23). The highest BCUT2D eigenvalue weighted by atomic mass is 32.1. The minimum Gasteiger partial charge on any atom is -0.374 e. The van der Waals surface area contributed by atoms with Crippen molar-refractivity contribution in [1.82, 2.24) is 25.7 Å². The molecule has 1 unspecified atom stereocenters. The highest BCUT2D eigenvalue weighted by Crippen LogP contribution is 2.28. The minimum absolute atomic E-state index is 0.127. The summed E-state index contributed by atoms with van der Waals surface area (Å²) in [6.45, 7) is 5.25. The maximum absolute atomic E-state index is 12.3. The van der Waals surface area contributed by atoms with Crippen LogP contribution in [-0.2, 0) is 27.4 Å². The van der Waals surface area contributed by atoms with Crippen LogP contribution in [0.5, 0.6) is 0 Å². The summed E-state index contributed by atoms with van der Waals surface area (Å²) in [5, 5.41) is 15.8. The van der Waals surface area contributed by atoms with E-state index in [-0.39, 0.29) is 18.2 Å². The van der Waals surface area contributed by atoms with Crippen LogP contribution in [0.4, 0.5) is 5.13 Å². The second-order valence-electron chi connectivity index (χ2n) is 5.79. The van der Waals surface area contributed by atoms with E-state index in [0.717, 1.165) is 0 Å². The third-order valence-corrected chi connectivity index (χ3v) is 4.75. The molecule has 3 rings (SSSR count). The van der Waals surface area contributed by atoms with Crippen molar-refractivity contribution in [2.75, 3.05) is 24.6 Å². The van der Waals surface area contributed by atoms with Crippen molar-refractivity contribution in [3.63, 3.8) is 0 Å². The van der Waals surface area contributed by atoms with Gasteiger partial charge in [-0.05, 0) is 6.92 Å².